The third kappa shape index (κ3) is 2.72. The summed E-state index contributed by atoms with van der Waals surface area (Å²) in [5.74, 6) is 8.27. The molecule has 1 unspecified atom stereocenters. The summed E-state index contributed by atoms with van der Waals surface area (Å²) in [6, 6.07) is 12.0. The monoisotopic (exact) mass is 272 g/mol. The van der Waals surface area contributed by atoms with Gasteiger partial charge in [-0.15, -0.1) is 0 Å². The highest BCUT2D eigenvalue weighted by molar-refractivity contribution is 7.99. The summed E-state index contributed by atoms with van der Waals surface area (Å²) >= 11 is 1.92. The fraction of sp³-hybridized carbons (Fsp3) is 0.286. The molecule has 0 amide bonds. The molecule has 1 fully saturated rings. The van der Waals surface area contributed by atoms with Crippen LogP contribution < -0.4 is 11.3 Å². The third-order valence-electron chi connectivity index (χ3n) is 3.18. The van der Waals surface area contributed by atoms with Crippen molar-refractivity contribution < 1.29 is 0 Å². The molecule has 1 aliphatic rings. The van der Waals surface area contributed by atoms with Crippen molar-refractivity contribution in [1.82, 2.24) is 9.97 Å². The number of benzene rings is 1. The molecule has 1 aliphatic heterocycles. The number of rotatable bonds is 3. The van der Waals surface area contributed by atoms with E-state index < -0.39 is 0 Å². The van der Waals surface area contributed by atoms with Crippen molar-refractivity contribution in [3.63, 3.8) is 0 Å². The van der Waals surface area contributed by atoms with Crippen LogP contribution in [0.25, 0.3) is 11.3 Å². The number of anilines is 1. The summed E-state index contributed by atoms with van der Waals surface area (Å²) in [5, 5.41) is 0.399. The maximum absolute atomic E-state index is 5.52. The van der Waals surface area contributed by atoms with Gasteiger partial charge in [0, 0.05) is 11.6 Å². The lowest BCUT2D eigenvalue weighted by Crippen LogP contribution is -2.11. The van der Waals surface area contributed by atoms with Crippen molar-refractivity contribution in [2.45, 2.75) is 18.1 Å². The number of nitrogens with zero attached hydrogens (tertiary/aromatic N) is 2. The number of nitrogen functional groups attached to an aromatic ring is 1. The quantitative estimate of drug-likeness (QED) is 0.664. The first kappa shape index (κ1) is 12.4. The Morgan fingerprint density at radius 3 is 2.74 bits per heavy atom. The Hall–Kier alpha value is -1.59. The fourth-order valence-electron chi connectivity index (χ4n) is 2.22. The Kier molecular flexibility index (Phi) is 3.66. The number of hydrogen-bond donors (Lipinski definition) is 2. The molecule has 19 heavy (non-hydrogen) atoms. The molecule has 0 aliphatic carbocycles. The van der Waals surface area contributed by atoms with Crippen LogP contribution in [0.4, 0.5) is 5.82 Å². The SMILES string of the molecule is NNc1cc(-c2ccccc2)nc(C2CCCS2)n1. The number of thioether (sulfide) groups is 1. The van der Waals surface area contributed by atoms with E-state index in [1.165, 1.54) is 12.2 Å². The Balaban J connectivity index is 2.02. The second-order valence-corrected chi connectivity index (χ2v) is 5.82. The molecule has 1 atom stereocenters. The van der Waals surface area contributed by atoms with Crippen LogP contribution in [0, 0.1) is 0 Å². The van der Waals surface area contributed by atoms with Crippen LogP contribution in [0.15, 0.2) is 36.4 Å². The van der Waals surface area contributed by atoms with Gasteiger partial charge in [-0.1, -0.05) is 30.3 Å². The van der Waals surface area contributed by atoms with Crippen molar-refractivity contribution >= 4 is 17.6 Å². The molecule has 2 aromatic rings. The third-order valence-corrected chi connectivity index (χ3v) is 4.55. The molecule has 1 aromatic heterocycles. The Bertz CT molecular complexity index is 553. The lowest BCUT2D eigenvalue weighted by atomic mass is 10.1. The van der Waals surface area contributed by atoms with Crippen LogP contribution in [0.2, 0.25) is 0 Å². The maximum Gasteiger partial charge on any atom is 0.144 e. The zero-order valence-electron chi connectivity index (χ0n) is 10.5. The van der Waals surface area contributed by atoms with E-state index in [-0.39, 0.29) is 0 Å². The van der Waals surface area contributed by atoms with Crippen LogP contribution in [-0.2, 0) is 0 Å². The average molecular weight is 272 g/mol. The van der Waals surface area contributed by atoms with E-state index >= 15 is 0 Å². The number of hydrazine groups is 1. The van der Waals surface area contributed by atoms with Gasteiger partial charge >= 0.3 is 0 Å². The Morgan fingerprint density at radius 2 is 2.05 bits per heavy atom. The normalized spacial score (nSPS) is 18.5. The highest BCUT2D eigenvalue weighted by Gasteiger charge is 2.21. The van der Waals surface area contributed by atoms with Crippen LogP contribution in [-0.4, -0.2) is 15.7 Å². The minimum absolute atomic E-state index is 0.399. The second kappa shape index (κ2) is 5.59. The van der Waals surface area contributed by atoms with Gasteiger partial charge in [0.1, 0.15) is 11.6 Å². The summed E-state index contributed by atoms with van der Waals surface area (Å²) in [6.07, 6.45) is 2.38. The number of aromatic nitrogens is 2. The molecule has 0 saturated carbocycles. The van der Waals surface area contributed by atoms with E-state index in [1.807, 2.05) is 48.2 Å². The summed E-state index contributed by atoms with van der Waals surface area (Å²) in [5.41, 5.74) is 4.65. The first-order chi connectivity index (χ1) is 9.36. The van der Waals surface area contributed by atoms with Gasteiger partial charge < -0.3 is 5.43 Å². The van der Waals surface area contributed by atoms with Crippen molar-refractivity contribution in [1.29, 1.82) is 0 Å². The molecule has 0 bridgehead atoms. The molecule has 1 saturated heterocycles. The van der Waals surface area contributed by atoms with E-state index in [2.05, 4.69) is 10.4 Å². The fourth-order valence-corrected chi connectivity index (χ4v) is 3.43. The van der Waals surface area contributed by atoms with Crippen molar-refractivity contribution in [3.05, 3.63) is 42.2 Å². The predicted octanol–water partition coefficient (Wildman–Crippen LogP) is 3.00. The van der Waals surface area contributed by atoms with Crippen LogP contribution in [0.1, 0.15) is 23.9 Å². The highest BCUT2D eigenvalue weighted by Crippen LogP contribution is 2.39. The van der Waals surface area contributed by atoms with Gasteiger partial charge in [0.2, 0.25) is 0 Å². The minimum atomic E-state index is 0.399. The molecule has 3 N–H and O–H groups in total. The van der Waals surface area contributed by atoms with Gasteiger partial charge in [0.15, 0.2) is 0 Å². The van der Waals surface area contributed by atoms with Crippen molar-refractivity contribution in [2.24, 2.45) is 5.84 Å². The topological polar surface area (TPSA) is 63.8 Å². The molecule has 1 aromatic carbocycles. The van der Waals surface area contributed by atoms with Crippen LogP contribution >= 0.6 is 11.8 Å². The first-order valence-corrected chi connectivity index (χ1v) is 7.44. The highest BCUT2D eigenvalue weighted by atomic mass is 32.2. The Labute approximate surface area is 116 Å². The molecule has 0 spiro atoms. The first-order valence-electron chi connectivity index (χ1n) is 6.39. The summed E-state index contributed by atoms with van der Waals surface area (Å²) < 4.78 is 0. The van der Waals surface area contributed by atoms with Gasteiger partial charge in [-0.2, -0.15) is 11.8 Å². The van der Waals surface area contributed by atoms with Crippen LogP contribution in [0.3, 0.4) is 0 Å². The van der Waals surface area contributed by atoms with Gasteiger partial charge in [0.05, 0.1) is 10.9 Å². The van der Waals surface area contributed by atoms with E-state index in [0.29, 0.717) is 11.1 Å². The molecule has 5 heteroatoms. The Morgan fingerprint density at radius 1 is 1.21 bits per heavy atom. The van der Waals surface area contributed by atoms with Gasteiger partial charge in [-0.05, 0) is 18.6 Å². The van der Waals surface area contributed by atoms with E-state index in [9.17, 15) is 0 Å². The number of hydrogen-bond acceptors (Lipinski definition) is 5. The molecular weight excluding hydrogens is 256 g/mol. The van der Waals surface area contributed by atoms with E-state index in [0.717, 1.165) is 23.5 Å². The molecule has 0 radical (unpaired) electrons. The van der Waals surface area contributed by atoms with Crippen LogP contribution in [0.5, 0.6) is 0 Å². The largest absolute Gasteiger partial charge is 0.308 e. The van der Waals surface area contributed by atoms with E-state index in [4.69, 9.17) is 10.8 Å². The zero-order chi connectivity index (χ0) is 13.1. The predicted molar refractivity (Wildman–Crippen MR) is 79.7 cm³/mol. The molecule has 2 heterocycles. The van der Waals surface area contributed by atoms with Gasteiger partial charge in [0.25, 0.3) is 0 Å². The zero-order valence-corrected chi connectivity index (χ0v) is 11.4. The van der Waals surface area contributed by atoms with Gasteiger partial charge in [-0.3, -0.25) is 0 Å². The maximum atomic E-state index is 5.52. The van der Waals surface area contributed by atoms with Gasteiger partial charge in [-0.25, -0.2) is 15.8 Å². The smallest absolute Gasteiger partial charge is 0.144 e. The number of nitrogens with two attached hydrogens (primary N) is 1. The molecular formula is C14H16N4S. The molecule has 3 rings (SSSR count). The standard InChI is InChI=1S/C14H16N4S/c15-18-13-9-11(10-5-2-1-3-6-10)16-14(17-13)12-7-4-8-19-12/h1-3,5-6,9,12H,4,7-8,15H2,(H,16,17,18). The minimum Gasteiger partial charge on any atom is -0.308 e. The summed E-state index contributed by atoms with van der Waals surface area (Å²) in [7, 11) is 0. The average Bonchev–Trinajstić information content (AvgIpc) is 3.02. The number of nitrogens with one attached hydrogen (secondary N) is 1. The summed E-state index contributed by atoms with van der Waals surface area (Å²) in [6.45, 7) is 0. The second-order valence-electron chi connectivity index (χ2n) is 4.51. The summed E-state index contributed by atoms with van der Waals surface area (Å²) in [4.78, 5) is 9.20. The lowest BCUT2D eigenvalue weighted by molar-refractivity contribution is 0.779. The van der Waals surface area contributed by atoms with Crippen molar-refractivity contribution in [3.8, 4) is 11.3 Å². The molecule has 98 valence electrons. The van der Waals surface area contributed by atoms with Crippen molar-refractivity contribution in [2.75, 3.05) is 11.2 Å². The molecule has 4 nitrogen and oxygen atoms in total. The lowest BCUT2D eigenvalue weighted by Gasteiger charge is -2.11. The van der Waals surface area contributed by atoms with E-state index in [1.54, 1.807) is 0 Å².